The number of esters is 1. The number of carbonyl (C=O) groups is 1. The first-order chi connectivity index (χ1) is 5.62. The monoisotopic (exact) mass is 172 g/mol. The molecule has 1 rings (SSSR count). The predicted molar refractivity (Wildman–Crippen MR) is 44.4 cm³/mol. The van der Waals surface area contributed by atoms with E-state index >= 15 is 0 Å². The van der Waals surface area contributed by atoms with E-state index in [9.17, 15) is 9.90 Å². The Kier molecular flexibility index (Phi) is 3.09. The summed E-state index contributed by atoms with van der Waals surface area (Å²) in [6, 6.07) is 0. The molecular weight excluding hydrogens is 156 g/mol. The first-order valence-corrected chi connectivity index (χ1v) is 4.54. The molecule has 0 radical (unpaired) electrons. The van der Waals surface area contributed by atoms with E-state index in [-0.39, 0.29) is 5.97 Å². The summed E-state index contributed by atoms with van der Waals surface area (Å²) in [5.41, 5.74) is 0. The van der Waals surface area contributed by atoms with Crippen LogP contribution in [-0.2, 0) is 9.53 Å². The molecular formula is C9H16O3. The lowest BCUT2D eigenvalue weighted by Crippen LogP contribution is -2.33. The van der Waals surface area contributed by atoms with Crippen molar-refractivity contribution in [1.29, 1.82) is 0 Å². The lowest BCUT2D eigenvalue weighted by molar-refractivity contribution is -0.211. The Morgan fingerprint density at radius 1 is 1.25 bits per heavy atom. The SMILES string of the molecule is CC(=O)OC1(O)CCCCCC1. The molecule has 12 heavy (non-hydrogen) atoms. The van der Waals surface area contributed by atoms with Crippen molar-refractivity contribution in [1.82, 2.24) is 0 Å². The molecule has 1 saturated carbocycles. The predicted octanol–water partition coefficient (Wildman–Crippen LogP) is 1.59. The molecule has 0 aliphatic heterocycles. The summed E-state index contributed by atoms with van der Waals surface area (Å²) in [6.45, 7) is 1.34. The molecule has 70 valence electrons. The maximum atomic E-state index is 10.6. The summed E-state index contributed by atoms with van der Waals surface area (Å²) < 4.78 is 4.88. The maximum Gasteiger partial charge on any atom is 0.305 e. The molecule has 3 heteroatoms. The molecule has 0 aromatic rings. The number of ether oxygens (including phenoxy) is 1. The minimum absolute atomic E-state index is 0.389. The second kappa shape index (κ2) is 3.90. The molecule has 0 unspecified atom stereocenters. The van der Waals surface area contributed by atoms with E-state index in [0.717, 1.165) is 25.7 Å². The van der Waals surface area contributed by atoms with Crippen LogP contribution in [0.5, 0.6) is 0 Å². The molecule has 3 nitrogen and oxygen atoms in total. The first-order valence-electron chi connectivity index (χ1n) is 4.54. The van der Waals surface area contributed by atoms with Crippen molar-refractivity contribution in [2.45, 2.75) is 51.2 Å². The van der Waals surface area contributed by atoms with Gasteiger partial charge in [0.1, 0.15) is 0 Å². The molecule has 1 N–H and O–H groups in total. The Morgan fingerprint density at radius 3 is 2.17 bits per heavy atom. The fraction of sp³-hybridized carbons (Fsp3) is 0.889. The van der Waals surface area contributed by atoms with Gasteiger partial charge in [0.15, 0.2) is 0 Å². The van der Waals surface area contributed by atoms with Gasteiger partial charge >= 0.3 is 5.97 Å². The van der Waals surface area contributed by atoms with Gasteiger partial charge in [0.25, 0.3) is 0 Å². The highest BCUT2D eigenvalue weighted by atomic mass is 16.7. The van der Waals surface area contributed by atoms with Crippen molar-refractivity contribution >= 4 is 5.97 Å². The molecule has 1 fully saturated rings. The molecule has 0 aromatic heterocycles. The number of carbonyl (C=O) groups excluding carboxylic acids is 1. The van der Waals surface area contributed by atoms with E-state index in [1.165, 1.54) is 6.92 Å². The van der Waals surface area contributed by atoms with Crippen molar-refractivity contribution in [3.8, 4) is 0 Å². The van der Waals surface area contributed by atoms with Crippen molar-refractivity contribution in [2.24, 2.45) is 0 Å². The third kappa shape index (κ3) is 2.81. The van der Waals surface area contributed by atoms with E-state index < -0.39 is 5.79 Å². The van der Waals surface area contributed by atoms with Gasteiger partial charge in [0.05, 0.1) is 0 Å². The van der Waals surface area contributed by atoms with E-state index in [1.807, 2.05) is 0 Å². The van der Waals surface area contributed by atoms with Crippen molar-refractivity contribution in [3.05, 3.63) is 0 Å². The molecule has 0 saturated heterocycles. The van der Waals surface area contributed by atoms with E-state index in [2.05, 4.69) is 0 Å². The van der Waals surface area contributed by atoms with Gasteiger partial charge in [-0.2, -0.15) is 0 Å². The molecule has 0 heterocycles. The fourth-order valence-electron chi connectivity index (χ4n) is 1.65. The molecule has 0 atom stereocenters. The minimum atomic E-state index is -1.16. The lowest BCUT2D eigenvalue weighted by Gasteiger charge is -2.25. The van der Waals surface area contributed by atoms with Crippen LogP contribution >= 0.6 is 0 Å². The quantitative estimate of drug-likeness (QED) is 0.371. The fourth-order valence-corrected chi connectivity index (χ4v) is 1.65. The number of rotatable bonds is 1. The van der Waals surface area contributed by atoms with Gasteiger partial charge in [-0.3, -0.25) is 4.79 Å². The summed E-state index contributed by atoms with van der Waals surface area (Å²) in [5, 5.41) is 9.78. The highest BCUT2D eigenvalue weighted by molar-refractivity contribution is 5.66. The van der Waals surface area contributed by atoms with Gasteiger partial charge < -0.3 is 9.84 Å². The summed E-state index contributed by atoms with van der Waals surface area (Å²) >= 11 is 0. The third-order valence-corrected chi connectivity index (χ3v) is 2.22. The molecule has 1 aliphatic carbocycles. The highest BCUT2D eigenvalue weighted by Gasteiger charge is 2.30. The van der Waals surface area contributed by atoms with Gasteiger partial charge in [-0.25, -0.2) is 0 Å². The average molecular weight is 172 g/mol. The van der Waals surface area contributed by atoms with Crippen molar-refractivity contribution in [3.63, 3.8) is 0 Å². The maximum absolute atomic E-state index is 10.6. The van der Waals surface area contributed by atoms with Crippen LogP contribution in [0.1, 0.15) is 45.4 Å². The highest BCUT2D eigenvalue weighted by Crippen LogP contribution is 2.27. The molecule has 0 bridgehead atoms. The largest absolute Gasteiger partial charge is 0.433 e. The van der Waals surface area contributed by atoms with E-state index in [4.69, 9.17) is 4.74 Å². The Bertz CT molecular complexity index is 157. The normalized spacial score (nSPS) is 22.8. The lowest BCUT2D eigenvalue weighted by atomic mass is 10.1. The van der Waals surface area contributed by atoms with Crippen LogP contribution in [0, 0.1) is 0 Å². The Hall–Kier alpha value is -0.570. The summed E-state index contributed by atoms with van der Waals surface area (Å²) in [4.78, 5) is 10.6. The van der Waals surface area contributed by atoms with Gasteiger partial charge in [0.2, 0.25) is 5.79 Å². The molecule has 0 aromatic carbocycles. The molecule has 0 amide bonds. The van der Waals surface area contributed by atoms with Gasteiger partial charge in [-0.1, -0.05) is 12.8 Å². The molecule has 1 aliphatic rings. The minimum Gasteiger partial charge on any atom is -0.433 e. The standard InChI is InChI=1S/C9H16O3/c1-8(10)12-9(11)6-4-2-3-5-7-9/h11H,2-7H2,1H3. The Balaban J connectivity index is 2.48. The van der Waals surface area contributed by atoms with Crippen molar-refractivity contribution in [2.75, 3.05) is 0 Å². The van der Waals surface area contributed by atoms with Crippen LogP contribution in [0.4, 0.5) is 0 Å². The first kappa shape index (κ1) is 9.52. The zero-order valence-electron chi connectivity index (χ0n) is 7.51. The van der Waals surface area contributed by atoms with Crippen LogP contribution in [0.3, 0.4) is 0 Å². The van der Waals surface area contributed by atoms with Crippen LogP contribution in [0.2, 0.25) is 0 Å². The second-order valence-corrected chi connectivity index (χ2v) is 3.45. The summed E-state index contributed by atoms with van der Waals surface area (Å²) in [7, 11) is 0. The molecule has 0 spiro atoms. The van der Waals surface area contributed by atoms with Crippen LogP contribution in [0.25, 0.3) is 0 Å². The van der Waals surface area contributed by atoms with Gasteiger partial charge in [-0.05, 0) is 12.8 Å². The zero-order chi connectivity index (χ0) is 9.03. The van der Waals surface area contributed by atoms with E-state index in [0.29, 0.717) is 12.8 Å². The van der Waals surface area contributed by atoms with Crippen LogP contribution < -0.4 is 0 Å². The number of hydrogen-bond donors (Lipinski definition) is 1. The summed E-state index contributed by atoms with van der Waals surface area (Å²) in [6.07, 6.45) is 5.33. The smallest absolute Gasteiger partial charge is 0.305 e. The second-order valence-electron chi connectivity index (χ2n) is 3.45. The number of aliphatic hydroxyl groups is 1. The van der Waals surface area contributed by atoms with Crippen LogP contribution in [0.15, 0.2) is 0 Å². The van der Waals surface area contributed by atoms with E-state index in [1.54, 1.807) is 0 Å². The Morgan fingerprint density at radius 2 is 1.75 bits per heavy atom. The van der Waals surface area contributed by atoms with Gasteiger partial charge in [-0.15, -0.1) is 0 Å². The van der Waals surface area contributed by atoms with Gasteiger partial charge in [0, 0.05) is 19.8 Å². The summed E-state index contributed by atoms with van der Waals surface area (Å²) in [5.74, 6) is -1.55. The third-order valence-electron chi connectivity index (χ3n) is 2.22. The Labute approximate surface area is 72.7 Å². The van der Waals surface area contributed by atoms with Crippen LogP contribution in [-0.4, -0.2) is 16.9 Å². The average Bonchev–Trinajstić information content (AvgIpc) is 2.12. The number of hydrogen-bond acceptors (Lipinski definition) is 3. The van der Waals surface area contributed by atoms with Crippen molar-refractivity contribution < 1.29 is 14.6 Å². The zero-order valence-corrected chi connectivity index (χ0v) is 7.51. The topological polar surface area (TPSA) is 46.5 Å².